The molecular weight excluding hydrogens is 222 g/mol. The van der Waals surface area contributed by atoms with E-state index in [2.05, 4.69) is 5.38 Å². The van der Waals surface area contributed by atoms with Crippen molar-refractivity contribution in [3.63, 3.8) is 0 Å². The minimum atomic E-state index is 0.306. The van der Waals surface area contributed by atoms with Crippen molar-refractivity contribution in [2.24, 2.45) is 5.73 Å². The summed E-state index contributed by atoms with van der Waals surface area (Å²) in [6.45, 7) is 0. The number of nitrogens with two attached hydrogens (primary N) is 1. The van der Waals surface area contributed by atoms with Crippen LogP contribution >= 0.6 is 23.1 Å². The van der Waals surface area contributed by atoms with Gasteiger partial charge in [-0.15, -0.1) is 11.3 Å². The van der Waals surface area contributed by atoms with Gasteiger partial charge >= 0.3 is 0 Å². The second kappa shape index (κ2) is 4.11. The SMILES string of the molecule is NC1CSCc2scc(C3CCCC3)c21. The summed E-state index contributed by atoms with van der Waals surface area (Å²) < 4.78 is 0. The summed E-state index contributed by atoms with van der Waals surface area (Å²) in [5.41, 5.74) is 9.39. The Morgan fingerprint density at radius 1 is 1.27 bits per heavy atom. The van der Waals surface area contributed by atoms with Crippen LogP contribution in [0.1, 0.15) is 53.6 Å². The molecule has 0 amide bonds. The van der Waals surface area contributed by atoms with Gasteiger partial charge in [-0.1, -0.05) is 12.8 Å². The van der Waals surface area contributed by atoms with E-state index in [9.17, 15) is 0 Å². The quantitative estimate of drug-likeness (QED) is 0.809. The second-order valence-electron chi connectivity index (χ2n) is 4.63. The van der Waals surface area contributed by atoms with Gasteiger partial charge in [0.15, 0.2) is 0 Å². The molecule has 1 saturated carbocycles. The van der Waals surface area contributed by atoms with Crippen LogP contribution in [-0.4, -0.2) is 5.75 Å². The van der Waals surface area contributed by atoms with Crippen molar-refractivity contribution in [2.45, 2.75) is 43.4 Å². The summed E-state index contributed by atoms with van der Waals surface area (Å²) in [4.78, 5) is 1.56. The highest BCUT2D eigenvalue weighted by atomic mass is 32.2. The molecule has 2 heterocycles. The average Bonchev–Trinajstić information content (AvgIpc) is 2.85. The molecule has 82 valence electrons. The van der Waals surface area contributed by atoms with Crippen molar-refractivity contribution in [1.82, 2.24) is 0 Å². The molecule has 0 aromatic carbocycles. The highest BCUT2D eigenvalue weighted by molar-refractivity contribution is 7.98. The van der Waals surface area contributed by atoms with Crippen molar-refractivity contribution in [3.8, 4) is 0 Å². The van der Waals surface area contributed by atoms with E-state index >= 15 is 0 Å². The van der Waals surface area contributed by atoms with Gasteiger partial charge in [-0.2, -0.15) is 11.8 Å². The van der Waals surface area contributed by atoms with Crippen molar-refractivity contribution in [1.29, 1.82) is 0 Å². The van der Waals surface area contributed by atoms with Gasteiger partial charge < -0.3 is 5.73 Å². The Bertz CT molecular complexity index is 353. The zero-order valence-electron chi connectivity index (χ0n) is 8.87. The zero-order chi connectivity index (χ0) is 10.3. The molecule has 2 N–H and O–H groups in total. The number of thioether (sulfide) groups is 1. The number of hydrogen-bond donors (Lipinski definition) is 1. The van der Waals surface area contributed by atoms with Crippen molar-refractivity contribution in [3.05, 3.63) is 21.4 Å². The lowest BCUT2D eigenvalue weighted by Gasteiger charge is -2.22. The first-order valence-corrected chi connectivity index (χ1v) is 7.83. The summed E-state index contributed by atoms with van der Waals surface area (Å²) in [5.74, 6) is 3.14. The Morgan fingerprint density at radius 2 is 2.07 bits per heavy atom. The molecule has 0 bridgehead atoms. The van der Waals surface area contributed by atoms with Crippen molar-refractivity contribution < 1.29 is 0 Å². The molecule has 3 rings (SSSR count). The highest BCUT2D eigenvalue weighted by Gasteiger charge is 2.27. The fourth-order valence-corrected chi connectivity index (χ4v) is 5.26. The van der Waals surface area contributed by atoms with Gasteiger partial charge in [-0.3, -0.25) is 0 Å². The summed E-state index contributed by atoms with van der Waals surface area (Å²) in [6, 6.07) is 0.306. The molecule has 0 spiro atoms. The minimum absolute atomic E-state index is 0.306. The van der Waals surface area contributed by atoms with Crippen LogP contribution in [0.25, 0.3) is 0 Å². The van der Waals surface area contributed by atoms with Crippen molar-refractivity contribution in [2.75, 3.05) is 5.75 Å². The molecule has 1 aliphatic carbocycles. The zero-order valence-corrected chi connectivity index (χ0v) is 10.5. The molecule has 15 heavy (non-hydrogen) atoms. The minimum Gasteiger partial charge on any atom is -0.323 e. The Morgan fingerprint density at radius 3 is 2.87 bits per heavy atom. The molecule has 1 atom stereocenters. The largest absolute Gasteiger partial charge is 0.323 e. The van der Waals surface area contributed by atoms with Crippen LogP contribution in [0.4, 0.5) is 0 Å². The standard InChI is InChI=1S/C12H17NS2/c13-10-6-14-7-11-12(10)9(5-15-11)8-3-1-2-4-8/h5,8,10H,1-4,6-7,13H2. The summed E-state index contributed by atoms with van der Waals surface area (Å²) >= 11 is 3.93. The molecule has 1 fully saturated rings. The lowest BCUT2D eigenvalue weighted by atomic mass is 9.92. The fraction of sp³-hybridized carbons (Fsp3) is 0.667. The molecule has 3 heteroatoms. The van der Waals surface area contributed by atoms with Gasteiger partial charge in [0.1, 0.15) is 0 Å². The third-order valence-electron chi connectivity index (χ3n) is 3.64. The molecule has 1 aromatic heterocycles. The molecule has 1 nitrogen and oxygen atoms in total. The Labute approximate surface area is 99.4 Å². The fourth-order valence-electron chi connectivity index (χ4n) is 2.87. The molecule has 1 aliphatic heterocycles. The van der Waals surface area contributed by atoms with E-state index in [1.807, 2.05) is 23.1 Å². The van der Waals surface area contributed by atoms with Gasteiger partial charge in [-0.25, -0.2) is 0 Å². The third kappa shape index (κ3) is 1.75. The maximum Gasteiger partial charge on any atom is 0.0401 e. The first-order valence-electron chi connectivity index (χ1n) is 5.79. The molecule has 0 saturated heterocycles. The van der Waals surface area contributed by atoms with Crippen LogP contribution in [0.15, 0.2) is 5.38 Å². The maximum absolute atomic E-state index is 6.25. The average molecular weight is 239 g/mol. The first kappa shape index (κ1) is 10.2. The Hall–Kier alpha value is 0.0100. The summed E-state index contributed by atoms with van der Waals surface area (Å²) in [6.07, 6.45) is 5.62. The molecule has 0 radical (unpaired) electrons. The van der Waals surface area contributed by atoms with Crippen LogP contribution in [0, 0.1) is 0 Å². The van der Waals surface area contributed by atoms with Crippen LogP contribution in [0.5, 0.6) is 0 Å². The van der Waals surface area contributed by atoms with E-state index in [4.69, 9.17) is 5.73 Å². The normalized spacial score (nSPS) is 26.9. The van der Waals surface area contributed by atoms with Crippen LogP contribution in [0.3, 0.4) is 0 Å². The van der Waals surface area contributed by atoms with E-state index in [1.165, 1.54) is 37.0 Å². The van der Waals surface area contributed by atoms with Gasteiger partial charge in [0.2, 0.25) is 0 Å². The van der Waals surface area contributed by atoms with Crippen LogP contribution in [-0.2, 0) is 5.75 Å². The topological polar surface area (TPSA) is 26.0 Å². The first-order chi connectivity index (χ1) is 7.36. The van der Waals surface area contributed by atoms with Crippen LogP contribution in [0.2, 0.25) is 0 Å². The van der Waals surface area contributed by atoms with Gasteiger partial charge in [0.05, 0.1) is 0 Å². The lowest BCUT2D eigenvalue weighted by Crippen LogP contribution is -2.19. The number of fused-ring (bicyclic) bond motifs is 1. The van der Waals surface area contributed by atoms with E-state index in [-0.39, 0.29) is 0 Å². The predicted octanol–water partition coefficient (Wildman–Crippen LogP) is 3.65. The number of thiophene rings is 1. The van der Waals surface area contributed by atoms with Gasteiger partial charge in [0.25, 0.3) is 0 Å². The van der Waals surface area contributed by atoms with E-state index in [0.29, 0.717) is 6.04 Å². The van der Waals surface area contributed by atoms with Gasteiger partial charge in [-0.05, 0) is 35.3 Å². The Balaban J connectivity index is 1.97. The monoisotopic (exact) mass is 239 g/mol. The highest BCUT2D eigenvalue weighted by Crippen LogP contribution is 2.44. The van der Waals surface area contributed by atoms with Crippen LogP contribution < -0.4 is 5.73 Å². The number of rotatable bonds is 1. The van der Waals surface area contributed by atoms with E-state index in [1.54, 1.807) is 10.4 Å². The maximum atomic E-state index is 6.25. The summed E-state index contributed by atoms with van der Waals surface area (Å²) in [5, 5.41) is 2.40. The van der Waals surface area contributed by atoms with E-state index < -0.39 is 0 Å². The smallest absolute Gasteiger partial charge is 0.0401 e. The molecule has 1 unspecified atom stereocenters. The predicted molar refractivity (Wildman–Crippen MR) is 68.6 cm³/mol. The van der Waals surface area contributed by atoms with E-state index in [0.717, 1.165) is 11.7 Å². The second-order valence-corrected chi connectivity index (χ2v) is 6.63. The van der Waals surface area contributed by atoms with Crippen molar-refractivity contribution >= 4 is 23.1 Å². The third-order valence-corrected chi connectivity index (χ3v) is 5.93. The molecule has 2 aliphatic rings. The van der Waals surface area contributed by atoms with Gasteiger partial charge in [0, 0.05) is 22.4 Å². The molecular formula is C12H17NS2. The summed E-state index contributed by atoms with van der Waals surface area (Å²) in [7, 11) is 0. The number of hydrogen-bond acceptors (Lipinski definition) is 3. The molecule has 1 aromatic rings. The lowest BCUT2D eigenvalue weighted by molar-refractivity contribution is 0.694. The Kier molecular flexibility index (Phi) is 2.79.